The summed E-state index contributed by atoms with van der Waals surface area (Å²) in [5.41, 5.74) is 3.00. The Morgan fingerprint density at radius 1 is 1.12 bits per heavy atom. The minimum atomic E-state index is -0.0959. The van der Waals surface area contributed by atoms with Crippen molar-refractivity contribution in [1.29, 1.82) is 0 Å². The minimum absolute atomic E-state index is 0.0959. The van der Waals surface area contributed by atoms with Crippen LogP contribution in [-0.4, -0.2) is 26.8 Å². The first-order valence-electron chi connectivity index (χ1n) is 7.98. The first-order chi connectivity index (χ1) is 12.6. The quantitative estimate of drug-likeness (QED) is 0.487. The Balaban J connectivity index is 1.45. The van der Waals surface area contributed by atoms with Gasteiger partial charge in [-0.1, -0.05) is 45.4 Å². The third-order valence-corrected chi connectivity index (χ3v) is 4.86. The molecule has 0 fully saturated rings. The first-order valence-corrected chi connectivity index (χ1v) is 9.76. The lowest BCUT2D eigenvalue weighted by Gasteiger charge is -2.04. The molecule has 3 N–H and O–H groups in total. The summed E-state index contributed by atoms with van der Waals surface area (Å²) < 4.78 is 0.970. The smallest absolute Gasteiger partial charge is 0.234 e. The maximum atomic E-state index is 12.0. The maximum absolute atomic E-state index is 12.0. The fourth-order valence-corrected chi connectivity index (χ4v) is 3.02. The lowest BCUT2D eigenvalue weighted by atomic mass is 10.2. The van der Waals surface area contributed by atoms with Crippen LogP contribution in [0.4, 0.5) is 11.4 Å². The fraction of sp³-hybridized carbons (Fsp3) is 0.167. The van der Waals surface area contributed by atoms with Gasteiger partial charge in [-0.3, -0.25) is 9.89 Å². The first kappa shape index (κ1) is 18.5. The van der Waals surface area contributed by atoms with Crippen LogP contribution in [0.1, 0.15) is 11.4 Å². The molecular formula is C18H18BrN5OS. The number of nitrogens with one attached hydrogen (secondary N) is 3. The van der Waals surface area contributed by atoms with Crippen molar-refractivity contribution in [3.63, 3.8) is 0 Å². The van der Waals surface area contributed by atoms with E-state index >= 15 is 0 Å². The van der Waals surface area contributed by atoms with E-state index in [1.54, 1.807) is 0 Å². The van der Waals surface area contributed by atoms with Gasteiger partial charge in [0.15, 0.2) is 0 Å². The van der Waals surface area contributed by atoms with E-state index in [2.05, 4.69) is 48.7 Å². The molecule has 6 nitrogen and oxygen atoms in total. The second-order valence-corrected chi connectivity index (χ2v) is 7.49. The molecular weight excluding hydrogens is 414 g/mol. The molecule has 0 unspecified atom stereocenters. The van der Waals surface area contributed by atoms with Crippen LogP contribution in [-0.2, 0) is 11.3 Å². The van der Waals surface area contributed by atoms with Gasteiger partial charge < -0.3 is 10.6 Å². The number of hydrogen-bond donors (Lipinski definition) is 3. The van der Waals surface area contributed by atoms with Gasteiger partial charge >= 0.3 is 0 Å². The summed E-state index contributed by atoms with van der Waals surface area (Å²) in [6, 6.07) is 15.6. The number of nitrogens with zero attached hydrogens (tertiary/aromatic N) is 2. The van der Waals surface area contributed by atoms with Crippen LogP contribution in [0.5, 0.6) is 0 Å². The number of carbonyl (C=O) groups is 1. The lowest BCUT2D eigenvalue weighted by molar-refractivity contribution is -0.113. The van der Waals surface area contributed by atoms with E-state index in [4.69, 9.17) is 0 Å². The van der Waals surface area contributed by atoms with Gasteiger partial charge in [0, 0.05) is 15.8 Å². The SMILES string of the molecule is Cc1ccc(NCc2nc(SCC(=O)Nc3ccc(Br)cc3)n[nH]2)cc1. The number of benzene rings is 2. The molecule has 3 rings (SSSR count). The highest BCUT2D eigenvalue weighted by atomic mass is 79.9. The molecule has 0 aliphatic carbocycles. The largest absolute Gasteiger partial charge is 0.378 e. The van der Waals surface area contributed by atoms with Gasteiger partial charge in [-0.25, -0.2) is 4.98 Å². The zero-order valence-electron chi connectivity index (χ0n) is 14.1. The van der Waals surface area contributed by atoms with Crippen LogP contribution in [0, 0.1) is 6.92 Å². The number of anilines is 2. The molecule has 3 aromatic rings. The molecule has 1 aromatic heterocycles. The fourth-order valence-electron chi connectivity index (χ4n) is 2.14. The van der Waals surface area contributed by atoms with Gasteiger partial charge in [0.05, 0.1) is 12.3 Å². The number of carbonyl (C=O) groups excluding carboxylic acids is 1. The molecule has 26 heavy (non-hydrogen) atoms. The molecule has 0 atom stereocenters. The van der Waals surface area contributed by atoms with Crippen molar-refractivity contribution in [2.45, 2.75) is 18.6 Å². The zero-order valence-corrected chi connectivity index (χ0v) is 16.5. The summed E-state index contributed by atoms with van der Waals surface area (Å²) in [5, 5.41) is 13.7. The van der Waals surface area contributed by atoms with Crippen LogP contribution in [0.15, 0.2) is 58.2 Å². The molecule has 0 saturated heterocycles. The number of rotatable bonds is 7. The highest BCUT2D eigenvalue weighted by molar-refractivity contribution is 9.10. The van der Waals surface area contributed by atoms with Crippen LogP contribution in [0.25, 0.3) is 0 Å². The highest BCUT2D eigenvalue weighted by Crippen LogP contribution is 2.16. The van der Waals surface area contributed by atoms with E-state index < -0.39 is 0 Å². The van der Waals surface area contributed by atoms with E-state index in [1.807, 2.05) is 48.5 Å². The normalized spacial score (nSPS) is 10.5. The molecule has 8 heteroatoms. The van der Waals surface area contributed by atoms with Gasteiger partial charge in [-0.2, -0.15) is 0 Å². The van der Waals surface area contributed by atoms with Crippen molar-refractivity contribution in [2.24, 2.45) is 0 Å². The third-order valence-electron chi connectivity index (χ3n) is 3.48. The second kappa shape index (κ2) is 8.86. The molecule has 0 aliphatic rings. The van der Waals surface area contributed by atoms with E-state index in [-0.39, 0.29) is 11.7 Å². The Kier molecular flexibility index (Phi) is 6.30. The van der Waals surface area contributed by atoms with Crippen LogP contribution in [0.3, 0.4) is 0 Å². The highest BCUT2D eigenvalue weighted by Gasteiger charge is 2.08. The number of aryl methyl sites for hydroxylation is 1. The number of H-pyrrole nitrogens is 1. The van der Waals surface area contributed by atoms with E-state index in [1.165, 1.54) is 17.3 Å². The number of thioether (sulfide) groups is 1. The summed E-state index contributed by atoms with van der Waals surface area (Å²) in [7, 11) is 0. The van der Waals surface area contributed by atoms with Crippen molar-refractivity contribution in [1.82, 2.24) is 15.2 Å². The molecule has 1 amide bonds. The summed E-state index contributed by atoms with van der Waals surface area (Å²) >= 11 is 4.66. The van der Waals surface area contributed by atoms with Crippen LogP contribution >= 0.6 is 27.7 Å². The third kappa shape index (κ3) is 5.60. The van der Waals surface area contributed by atoms with Gasteiger partial charge in [0.2, 0.25) is 11.1 Å². The Labute approximate surface area is 164 Å². The zero-order chi connectivity index (χ0) is 18.4. The predicted molar refractivity (Wildman–Crippen MR) is 108 cm³/mol. The standard InChI is InChI=1S/C18H18BrN5OS/c1-12-2-6-14(7-3-12)20-10-16-22-18(24-23-16)26-11-17(25)21-15-8-4-13(19)5-9-15/h2-9,20H,10-11H2,1H3,(H,21,25)(H,22,23,24). The summed E-state index contributed by atoms with van der Waals surface area (Å²) in [4.78, 5) is 16.4. The van der Waals surface area contributed by atoms with Crippen LogP contribution in [0.2, 0.25) is 0 Å². The van der Waals surface area contributed by atoms with Gasteiger partial charge in [-0.15, -0.1) is 5.10 Å². The van der Waals surface area contributed by atoms with Crippen molar-refractivity contribution in [3.05, 3.63) is 64.4 Å². The van der Waals surface area contributed by atoms with Crippen molar-refractivity contribution < 1.29 is 4.79 Å². The lowest BCUT2D eigenvalue weighted by Crippen LogP contribution is -2.14. The van der Waals surface area contributed by atoms with Crippen molar-refractivity contribution in [3.8, 4) is 0 Å². The maximum Gasteiger partial charge on any atom is 0.234 e. The average Bonchev–Trinajstić information content (AvgIpc) is 3.09. The monoisotopic (exact) mass is 431 g/mol. The van der Waals surface area contributed by atoms with E-state index in [0.29, 0.717) is 11.7 Å². The Morgan fingerprint density at radius 2 is 1.81 bits per heavy atom. The van der Waals surface area contributed by atoms with E-state index in [0.717, 1.165) is 21.7 Å². The van der Waals surface area contributed by atoms with Gasteiger partial charge in [0.1, 0.15) is 5.82 Å². The number of amides is 1. The van der Waals surface area contributed by atoms with E-state index in [9.17, 15) is 4.79 Å². The predicted octanol–water partition coefficient (Wildman–Crippen LogP) is 4.22. The van der Waals surface area contributed by atoms with Crippen molar-refractivity contribution >= 4 is 45.0 Å². The van der Waals surface area contributed by atoms with Gasteiger partial charge in [0.25, 0.3) is 0 Å². The molecule has 0 spiro atoms. The molecule has 0 aliphatic heterocycles. The topological polar surface area (TPSA) is 82.7 Å². The number of halogens is 1. The minimum Gasteiger partial charge on any atom is -0.378 e. The number of aromatic nitrogens is 3. The summed E-state index contributed by atoms with van der Waals surface area (Å²) in [6.45, 7) is 2.60. The Morgan fingerprint density at radius 3 is 2.54 bits per heavy atom. The average molecular weight is 432 g/mol. The van der Waals surface area contributed by atoms with Crippen LogP contribution < -0.4 is 10.6 Å². The molecule has 134 valence electrons. The second-order valence-electron chi connectivity index (χ2n) is 5.63. The summed E-state index contributed by atoms with van der Waals surface area (Å²) in [5.74, 6) is 0.876. The van der Waals surface area contributed by atoms with Gasteiger partial charge in [-0.05, 0) is 43.3 Å². The number of hydrogen-bond acceptors (Lipinski definition) is 5. The molecule has 1 heterocycles. The Bertz CT molecular complexity index is 864. The van der Waals surface area contributed by atoms with Crippen molar-refractivity contribution in [2.75, 3.05) is 16.4 Å². The molecule has 0 bridgehead atoms. The molecule has 0 saturated carbocycles. The number of aromatic amines is 1. The molecule has 0 radical (unpaired) electrons. The summed E-state index contributed by atoms with van der Waals surface area (Å²) in [6.07, 6.45) is 0. The molecule has 2 aromatic carbocycles. The Hall–Kier alpha value is -2.32.